The molecule has 0 bridgehead atoms. The van der Waals surface area contributed by atoms with Gasteiger partial charge < -0.3 is 61.7 Å². The molecule has 0 aliphatic carbocycles. The highest BCUT2D eigenvalue weighted by Gasteiger charge is 2.58. The summed E-state index contributed by atoms with van der Waals surface area (Å²) in [5.74, 6) is -1.64. The first kappa shape index (κ1) is 31.9. The molecule has 0 spiro atoms. The Morgan fingerprint density at radius 2 is 1.25 bits per heavy atom. The van der Waals surface area contributed by atoms with E-state index < -0.39 is 59.0 Å². The molecular weight excluding hydrogens is 455 g/mol. The summed E-state index contributed by atoms with van der Waals surface area (Å²) in [6.45, 7) is -0.452. The minimum atomic E-state index is -5.31. The zero-order valence-corrected chi connectivity index (χ0v) is 16.7. The molecule has 0 radical (unpaired) electrons. The van der Waals surface area contributed by atoms with Gasteiger partial charge in [0.15, 0.2) is 0 Å². The first-order valence-electron chi connectivity index (χ1n) is 6.68. The van der Waals surface area contributed by atoms with E-state index in [1.807, 2.05) is 0 Å². The van der Waals surface area contributed by atoms with Gasteiger partial charge in [0.05, 0.1) is 0 Å². The smallest absolute Gasteiger partial charge is 0.466 e. The lowest BCUT2D eigenvalue weighted by molar-refractivity contribution is -0.138. The minimum absolute atomic E-state index is 0.0213. The third kappa shape index (κ3) is 16.2. The topological polar surface area (TPSA) is 345 Å². The zero-order valence-electron chi connectivity index (χ0n) is 14.0. The molecule has 170 valence electrons. The van der Waals surface area contributed by atoms with E-state index in [2.05, 4.69) is 0 Å². The zero-order chi connectivity index (χ0) is 23.6. The van der Waals surface area contributed by atoms with Gasteiger partial charge in [-0.3, -0.25) is 18.7 Å². The molecule has 0 saturated carbocycles. The van der Waals surface area contributed by atoms with E-state index in [9.17, 15) is 18.7 Å². The van der Waals surface area contributed by atoms with Gasteiger partial charge in [0.25, 0.3) is 5.08 Å². The molecule has 0 aliphatic heterocycles. The lowest BCUT2D eigenvalue weighted by atomic mass is 10.2. The maximum absolute atomic E-state index is 10.6. The monoisotopic (exact) mass is 479 g/mol. The first-order valence-corrected chi connectivity index (χ1v) is 11.5. The average molecular weight is 479 g/mol. The Morgan fingerprint density at radius 3 is 1.39 bits per heavy atom. The van der Waals surface area contributed by atoms with Crippen molar-refractivity contribution in [2.24, 2.45) is 17.2 Å². The van der Waals surface area contributed by atoms with Crippen LogP contribution in [0.5, 0.6) is 0 Å². The number of carbonyl (C=O) groups is 2. The van der Waals surface area contributed by atoms with Crippen molar-refractivity contribution < 1.29 is 67.8 Å². The molecule has 0 saturated heterocycles. The fourth-order valence-corrected chi connectivity index (χ4v) is 3.27. The summed E-state index contributed by atoms with van der Waals surface area (Å²) in [5, 5.41) is 13.9. The molecule has 17 nitrogen and oxygen atoms in total. The predicted octanol–water partition coefficient (Wildman–Crippen LogP) is -3.93. The van der Waals surface area contributed by atoms with Crippen LogP contribution in [0.15, 0.2) is 0 Å². The van der Waals surface area contributed by atoms with E-state index in [1.54, 1.807) is 0 Å². The number of hydrogen-bond acceptors (Lipinski definition) is 8. The maximum atomic E-state index is 10.6. The molecule has 0 rings (SSSR count). The van der Waals surface area contributed by atoms with Crippen LogP contribution in [0.2, 0.25) is 0 Å². The average Bonchev–Trinajstić information content (AvgIpc) is 2.41. The lowest BCUT2D eigenvalue weighted by Crippen LogP contribution is -2.31. The highest BCUT2D eigenvalue weighted by atomic mass is 31.2. The molecule has 0 aromatic carbocycles. The minimum Gasteiger partial charge on any atom is -0.480 e. The Morgan fingerprint density at radius 1 is 0.929 bits per heavy atom. The van der Waals surface area contributed by atoms with E-state index in [-0.39, 0.29) is 12.8 Å². The standard InChI is InChI=1S/C5H10N2O3.C3H11NO7P2.H3O4P/c6-3(5(9)10)1-2-4(7)8;4-2-1-3(5,12(6,7)8)13(9,10)11;1-5(2,3)4/h3H,1-2,6H2,(H2,7,8)(H,9,10);5H,1-2,4H2,(H2,6,7,8)(H2,9,10,11);(H3,1,2,3,4)/t3-;;/m0../s1. The Balaban J connectivity index is -0.000000368. The molecule has 15 N–H and O–H groups in total. The summed E-state index contributed by atoms with van der Waals surface area (Å²) >= 11 is 0. The van der Waals surface area contributed by atoms with E-state index in [4.69, 9.17) is 66.2 Å². The van der Waals surface area contributed by atoms with Gasteiger partial charge in [0.1, 0.15) is 6.04 Å². The van der Waals surface area contributed by atoms with Gasteiger partial charge in [-0.05, 0) is 13.0 Å². The number of carboxylic acids is 1. The number of amides is 1. The highest BCUT2D eigenvalue weighted by Crippen LogP contribution is 2.68. The van der Waals surface area contributed by atoms with Crippen LogP contribution < -0.4 is 17.2 Å². The van der Waals surface area contributed by atoms with Crippen LogP contribution in [0.25, 0.3) is 0 Å². The van der Waals surface area contributed by atoms with Crippen molar-refractivity contribution in [2.75, 3.05) is 6.54 Å². The van der Waals surface area contributed by atoms with Crippen LogP contribution in [-0.2, 0) is 23.3 Å². The number of phosphoric acid groups is 1. The number of rotatable bonds is 8. The quantitative estimate of drug-likeness (QED) is 0.148. The molecule has 28 heavy (non-hydrogen) atoms. The largest absolute Gasteiger partial charge is 0.480 e. The van der Waals surface area contributed by atoms with Crippen LogP contribution in [0, 0.1) is 0 Å². The molecule has 0 aromatic heterocycles. The first-order chi connectivity index (χ1) is 12.1. The van der Waals surface area contributed by atoms with Gasteiger partial charge >= 0.3 is 29.0 Å². The number of nitrogens with two attached hydrogens (primary N) is 3. The second-order valence-corrected chi connectivity index (χ2v) is 9.90. The van der Waals surface area contributed by atoms with Crippen LogP contribution >= 0.6 is 23.0 Å². The number of hydrogen-bond donors (Lipinski definition) is 12. The van der Waals surface area contributed by atoms with Gasteiger partial charge in [0.2, 0.25) is 5.91 Å². The summed E-state index contributed by atoms with van der Waals surface area (Å²) < 4.78 is 30.1. The molecule has 0 heterocycles. The third-order valence-corrected chi connectivity index (χ3v) is 6.31. The number of aliphatic hydroxyl groups is 1. The summed E-state index contributed by atoms with van der Waals surface area (Å²) in [4.78, 5) is 75.8. The second-order valence-electron chi connectivity index (χ2n) is 4.86. The summed E-state index contributed by atoms with van der Waals surface area (Å²) in [5.41, 5.74) is 14.7. The summed E-state index contributed by atoms with van der Waals surface area (Å²) in [7, 11) is -15.3. The van der Waals surface area contributed by atoms with Crippen molar-refractivity contribution in [3.63, 3.8) is 0 Å². The molecule has 0 aromatic rings. The molecule has 1 amide bonds. The molecule has 1 atom stereocenters. The van der Waals surface area contributed by atoms with Gasteiger partial charge in [-0.15, -0.1) is 0 Å². The van der Waals surface area contributed by atoms with Crippen LogP contribution in [0.1, 0.15) is 19.3 Å². The SMILES string of the molecule is NC(=O)CC[C@H](N)C(=O)O.NCCC(O)(P(=O)(O)O)P(=O)(O)O.O=P(O)(O)O. The number of carbonyl (C=O) groups excluding carboxylic acids is 1. The summed E-state index contributed by atoms with van der Waals surface area (Å²) in [6, 6.07) is -0.979. The Labute approximate surface area is 157 Å². The van der Waals surface area contributed by atoms with Crippen LogP contribution in [0.4, 0.5) is 0 Å². The number of primary amides is 1. The molecule has 0 unspecified atom stereocenters. The Bertz CT molecular complexity index is 607. The van der Waals surface area contributed by atoms with Gasteiger partial charge in [-0.1, -0.05) is 0 Å². The van der Waals surface area contributed by atoms with Crippen molar-refractivity contribution in [1.82, 2.24) is 0 Å². The van der Waals surface area contributed by atoms with Crippen molar-refractivity contribution in [1.29, 1.82) is 0 Å². The lowest BCUT2D eigenvalue weighted by Gasteiger charge is -2.28. The third-order valence-electron chi connectivity index (χ3n) is 2.43. The van der Waals surface area contributed by atoms with Crippen molar-refractivity contribution in [2.45, 2.75) is 30.4 Å². The fraction of sp³-hybridized carbons (Fsp3) is 0.750. The van der Waals surface area contributed by atoms with Crippen molar-refractivity contribution in [3.8, 4) is 0 Å². The fourth-order valence-electron chi connectivity index (χ4n) is 1.08. The van der Waals surface area contributed by atoms with Crippen LogP contribution in [0.3, 0.4) is 0 Å². The Kier molecular flexibility index (Phi) is 14.5. The Hall–Kier alpha value is -0.770. The van der Waals surface area contributed by atoms with Crippen LogP contribution in [-0.4, -0.2) is 74.0 Å². The molecular formula is C8H24N3O14P3. The van der Waals surface area contributed by atoms with E-state index in [0.717, 1.165) is 0 Å². The van der Waals surface area contributed by atoms with E-state index >= 15 is 0 Å². The maximum Gasteiger partial charge on any atom is 0.466 e. The van der Waals surface area contributed by atoms with E-state index in [1.165, 1.54) is 0 Å². The normalized spacial score (nSPS) is 13.4. The summed E-state index contributed by atoms with van der Waals surface area (Å²) in [6.07, 6.45) is -0.750. The van der Waals surface area contributed by atoms with Gasteiger partial charge in [0, 0.05) is 12.8 Å². The number of aliphatic carboxylic acids is 1. The van der Waals surface area contributed by atoms with Crippen molar-refractivity contribution >= 4 is 34.9 Å². The van der Waals surface area contributed by atoms with E-state index in [0.29, 0.717) is 0 Å². The number of carboxylic acid groups (broad SMARTS) is 1. The molecule has 0 aliphatic rings. The highest BCUT2D eigenvalue weighted by molar-refractivity contribution is 7.72. The van der Waals surface area contributed by atoms with Gasteiger partial charge in [-0.2, -0.15) is 0 Å². The van der Waals surface area contributed by atoms with Crippen molar-refractivity contribution in [3.05, 3.63) is 0 Å². The molecule has 20 heteroatoms. The predicted molar refractivity (Wildman–Crippen MR) is 91.0 cm³/mol. The second kappa shape index (κ2) is 12.7. The van der Waals surface area contributed by atoms with Gasteiger partial charge in [-0.25, -0.2) is 4.57 Å². The molecule has 0 fully saturated rings.